The Hall–Kier alpha value is -3.52. The smallest absolute Gasteiger partial charge is 0.250 e. The van der Waals surface area contributed by atoms with Gasteiger partial charge in [-0.1, -0.05) is 43.5 Å². The summed E-state index contributed by atoms with van der Waals surface area (Å²) in [6.07, 6.45) is 5.12. The predicted octanol–water partition coefficient (Wildman–Crippen LogP) is 4.70. The van der Waals surface area contributed by atoms with Crippen molar-refractivity contribution in [2.24, 2.45) is 0 Å². The number of anilines is 1. The van der Waals surface area contributed by atoms with Crippen LogP contribution in [0.25, 0.3) is 33.7 Å². The van der Waals surface area contributed by atoms with E-state index >= 15 is 0 Å². The molecule has 0 saturated carbocycles. The van der Waals surface area contributed by atoms with Gasteiger partial charge in [-0.15, -0.1) is 0 Å². The van der Waals surface area contributed by atoms with Gasteiger partial charge in [-0.25, -0.2) is 20.4 Å². The molecule has 0 saturated heterocycles. The normalized spacial score (nSPS) is 11.1. The molecule has 8 heteroatoms. The van der Waals surface area contributed by atoms with Gasteiger partial charge in [-0.3, -0.25) is 10.0 Å². The first-order chi connectivity index (χ1) is 15.2. The topological polar surface area (TPSA) is 113 Å². The Labute approximate surface area is 179 Å². The lowest BCUT2D eigenvalue weighted by molar-refractivity contribution is -0.129. The second-order valence-corrected chi connectivity index (χ2v) is 7.38. The minimum atomic E-state index is -0.330. The number of oxazole rings is 1. The van der Waals surface area contributed by atoms with E-state index in [0.29, 0.717) is 29.4 Å². The van der Waals surface area contributed by atoms with E-state index in [9.17, 15) is 4.79 Å². The fourth-order valence-electron chi connectivity index (χ4n) is 3.45. The van der Waals surface area contributed by atoms with E-state index in [1.54, 1.807) is 5.48 Å². The molecule has 0 fully saturated rings. The average molecular weight is 419 g/mol. The van der Waals surface area contributed by atoms with Gasteiger partial charge in [0.05, 0.1) is 11.0 Å². The van der Waals surface area contributed by atoms with Gasteiger partial charge in [0.25, 0.3) is 0 Å². The van der Waals surface area contributed by atoms with Crippen LogP contribution in [0.3, 0.4) is 0 Å². The maximum atomic E-state index is 11.0. The van der Waals surface area contributed by atoms with Gasteiger partial charge < -0.3 is 9.73 Å². The number of carbonyl (C=O) groups is 1. The molecule has 31 heavy (non-hydrogen) atoms. The van der Waals surface area contributed by atoms with Crippen LogP contribution in [-0.4, -0.2) is 32.6 Å². The molecule has 1 amide bonds. The third kappa shape index (κ3) is 5.16. The zero-order chi connectivity index (χ0) is 21.5. The third-order valence-electron chi connectivity index (χ3n) is 5.06. The van der Waals surface area contributed by atoms with E-state index in [-0.39, 0.29) is 5.91 Å². The van der Waals surface area contributed by atoms with Crippen LogP contribution in [0, 0.1) is 0 Å². The van der Waals surface area contributed by atoms with E-state index in [1.807, 2.05) is 48.5 Å². The summed E-state index contributed by atoms with van der Waals surface area (Å²) in [5, 5.41) is 11.9. The Bertz CT molecular complexity index is 1140. The lowest BCUT2D eigenvalue weighted by atomic mass is 10.1. The number of fused-ring (bicyclic) bond motifs is 2. The number of aromatic nitrogens is 3. The Balaban J connectivity index is 1.43. The molecule has 0 atom stereocenters. The van der Waals surface area contributed by atoms with Gasteiger partial charge in [0.2, 0.25) is 11.8 Å². The van der Waals surface area contributed by atoms with Crippen LogP contribution in [0.4, 0.5) is 5.82 Å². The molecule has 0 aliphatic heterocycles. The highest BCUT2D eigenvalue weighted by Crippen LogP contribution is 2.29. The number of rotatable bonds is 10. The maximum absolute atomic E-state index is 11.0. The Morgan fingerprint density at radius 1 is 0.839 bits per heavy atom. The van der Waals surface area contributed by atoms with Crippen molar-refractivity contribution in [3.05, 3.63) is 48.5 Å². The van der Waals surface area contributed by atoms with Gasteiger partial charge in [0.1, 0.15) is 5.52 Å². The quantitative estimate of drug-likeness (QED) is 0.194. The molecule has 4 rings (SSSR count). The van der Waals surface area contributed by atoms with Crippen molar-refractivity contribution >= 4 is 33.9 Å². The van der Waals surface area contributed by atoms with Crippen molar-refractivity contribution in [1.29, 1.82) is 0 Å². The largest absolute Gasteiger partial charge is 0.435 e. The second-order valence-electron chi connectivity index (χ2n) is 7.38. The molecule has 0 spiro atoms. The molecule has 3 N–H and O–H groups in total. The molecule has 2 aromatic carbocycles. The van der Waals surface area contributed by atoms with Gasteiger partial charge in [0.15, 0.2) is 17.1 Å². The van der Waals surface area contributed by atoms with Gasteiger partial charge in [0, 0.05) is 13.0 Å². The van der Waals surface area contributed by atoms with Crippen molar-refractivity contribution in [2.75, 3.05) is 11.9 Å². The molecular formula is C23H25N5O3. The summed E-state index contributed by atoms with van der Waals surface area (Å²) in [6.45, 7) is 0.747. The van der Waals surface area contributed by atoms with Gasteiger partial charge in [-0.05, 0) is 37.1 Å². The fourth-order valence-corrected chi connectivity index (χ4v) is 3.45. The van der Waals surface area contributed by atoms with Crippen LogP contribution in [0.2, 0.25) is 0 Å². The summed E-state index contributed by atoms with van der Waals surface area (Å²) in [7, 11) is 0. The summed E-state index contributed by atoms with van der Waals surface area (Å²) >= 11 is 0. The van der Waals surface area contributed by atoms with E-state index in [4.69, 9.17) is 19.6 Å². The second kappa shape index (κ2) is 9.99. The number of unbranched alkanes of at least 4 members (excludes halogenated alkanes) is 4. The summed E-state index contributed by atoms with van der Waals surface area (Å²) < 4.78 is 5.94. The molecule has 2 aromatic heterocycles. The summed E-state index contributed by atoms with van der Waals surface area (Å²) in [5.41, 5.74) is 5.36. The molecule has 160 valence electrons. The van der Waals surface area contributed by atoms with Crippen LogP contribution in [-0.2, 0) is 4.79 Å². The molecule has 0 radical (unpaired) electrons. The fraction of sp³-hybridized carbons (Fsp3) is 0.304. The molecule has 4 aromatic rings. The number of carbonyl (C=O) groups excluding carboxylic acids is 1. The molecule has 2 heterocycles. The number of hydroxylamine groups is 1. The summed E-state index contributed by atoms with van der Waals surface area (Å²) in [4.78, 5) is 25.1. The molecule has 0 aliphatic carbocycles. The van der Waals surface area contributed by atoms with Gasteiger partial charge >= 0.3 is 0 Å². The molecule has 0 aliphatic rings. The number of hydrogen-bond donors (Lipinski definition) is 3. The molecule has 8 nitrogen and oxygen atoms in total. The van der Waals surface area contributed by atoms with E-state index < -0.39 is 0 Å². The SMILES string of the molecule is O=C(CCCCCCCNc1nc2ccccc2nc1-c1nc2ccccc2o1)NO. The monoisotopic (exact) mass is 419 g/mol. The molecular weight excluding hydrogens is 394 g/mol. The number of amides is 1. The Morgan fingerprint density at radius 2 is 1.52 bits per heavy atom. The number of hydrogen-bond acceptors (Lipinski definition) is 7. The highest BCUT2D eigenvalue weighted by molar-refractivity contribution is 5.83. The van der Waals surface area contributed by atoms with Crippen LogP contribution >= 0.6 is 0 Å². The summed E-state index contributed by atoms with van der Waals surface area (Å²) in [6, 6.07) is 15.4. The van der Waals surface area contributed by atoms with E-state index in [1.165, 1.54) is 0 Å². The van der Waals surface area contributed by atoms with Crippen molar-refractivity contribution < 1.29 is 14.4 Å². The Morgan fingerprint density at radius 3 is 2.29 bits per heavy atom. The third-order valence-corrected chi connectivity index (χ3v) is 5.06. The number of nitrogens with zero attached hydrogens (tertiary/aromatic N) is 3. The molecule has 0 bridgehead atoms. The Kier molecular flexibility index (Phi) is 6.68. The highest BCUT2D eigenvalue weighted by Gasteiger charge is 2.16. The van der Waals surface area contributed by atoms with Crippen LogP contribution in [0.5, 0.6) is 0 Å². The van der Waals surface area contributed by atoms with Crippen LogP contribution < -0.4 is 10.8 Å². The van der Waals surface area contributed by atoms with E-state index in [2.05, 4.69) is 10.3 Å². The predicted molar refractivity (Wildman–Crippen MR) is 119 cm³/mol. The van der Waals surface area contributed by atoms with Gasteiger partial charge in [-0.2, -0.15) is 0 Å². The van der Waals surface area contributed by atoms with Crippen molar-refractivity contribution in [3.63, 3.8) is 0 Å². The van der Waals surface area contributed by atoms with E-state index in [0.717, 1.165) is 55.2 Å². The summed E-state index contributed by atoms with van der Waals surface area (Å²) in [5.74, 6) is 0.775. The standard InChI is InChI=1S/C23H25N5O3/c29-20(28-30)14-4-2-1-3-9-15-24-22-21(25-16-10-5-6-11-17(16)26-22)23-27-18-12-7-8-13-19(18)31-23/h5-8,10-13,30H,1-4,9,14-15H2,(H,24,26)(H,28,29). The van der Waals surface area contributed by atoms with Crippen molar-refractivity contribution in [2.45, 2.75) is 38.5 Å². The zero-order valence-corrected chi connectivity index (χ0v) is 17.2. The average Bonchev–Trinajstić information content (AvgIpc) is 3.24. The number of para-hydroxylation sites is 4. The lowest BCUT2D eigenvalue weighted by Gasteiger charge is -2.10. The number of nitrogens with one attached hydrogen (secondary N) is 2. The zero-order valence-electron chi connectivity index (χ0n) is 17.2. The highest BCUT2D eigenvalue weighted by atomic mass is 16.5. The van der Waals surface area contributed by atoms with Crippen LogP contribution in [0.15, 0.2) is 52.9 Å². The first-order valence-electron chi connectivity index (χ1n) is 10.5. The first kappa shape index (κ1) is 20.7. The minimum Gasteiger partial charge on any atom is -0.435 e. The first-order valence-corrected chi connectivity index (χ1v) is 10.5. The maximum Gasteiger partial charge on any atom is 0.250 e. The minimum absolute atomic E-state index is 0.330. The van der Waals surface area contributed by atoms with Crippen LogP contribution in [0.1, 0.15) is 38.5 Å². The lowest BCUT2D eigenvalue weighted by Crippen LogP contribution is -2.17. The van der Waals surface area contributed by atoms with Crippen molar-refractivity contribution in [1.82, 2.24) is 20.4 Å². The van der Waals surface area contributed by atoms with Crippen molar-refractivity contribution in [3.8, 4) is 11.6 Å². The molecule has 0 unspecified atom stereocenters. The number of benzene rings is 2.